The smallest absolute Gasteiger partial charge is 0.230 e. The number of aromatic nitrogens is 2. The van der Waals surface area contributed by atoms with Gasteiger partial charge in [0, 0.05) is 6.04 Å². The maximum Gasteiger partial charge on any atom is 0.230 e. The quantitative estimate of drug-likeness (QED) is 0.596. The molecule has 0 radical (unpaired) electrons. The van der Waals surface area contributed by atoms with Crippen molar-refractivity contribution in [3.05, 3.63) is 33.8 Å². The number of carbonyl (C=O) groups is 1. The first-order valence-electron chi connectivity index (χ1n) is 7.63. The van der Waals surface area contributed by atoms with Crippen molar-refractivity contribution in [2.24, 2.45) is 0 Å². The summed E-state index contributed by atoms with van der Waals surface area (Å²) in [7, 11) is -2.99. The van der Waals surface area contributed by atoms with Gasteiger partial charge in [-0.25, -0.2) is 13.1 Å². The first-order chi connectivity index (χ1) is 11.8. The Morgan fingerprint density at radius 2 is 2.24 bits per heavy atom. The standard InChI is InChI=1S/C15H17N3O3S4/c1-10-4-2-3-5-12(10)18-15(22)24-14(17-18)23-8-13(19)16-11-6-7-25(20,21)9-11/h2-5,11H,6-9H2,1H3,(H,16,19)/t11-/m1/s1. The van der Waals surface area contributed by atoms with Crippen LogP contribution in [0, 0.1) is 10.9 Å². The van der Waals surface area contributed by atoms with Gasteiger partial charge in [0.1, 0.15) is 0 Å². The molecule has 6 nitrogen and oxygen atoms in total. The lowest BCUT2D eigenvalue weighted by atomic mass is 10.2. The molecule has 0 aliphatic carbocycles. The summed E-state index contributed by atoms with van der Waals surface area (Å²) < 4.78 is 25.9. The molecule has 1 atom stereocenters. The zero-order valence-electron chi connectivity index (χ0n) is 13.5. The summed E-state index contributed by atoms with van der Waals surface area (Å²) in [5.74, 6) is 0.181. The molecule has 1 aromatic heterocycles. The lowest BCUT2D eigenvalue weighted by Gasteiger charge is -2.09. The van der Waals surface area contributed by atoms with E-state index in [4.69, 9.17) is 12.2 Å². The van der Waals surface area contributed by atoms with Crippen LogP contribution in [-0.2, 0) is 14.6 Å². The molecular formula is C15H17N3O3S4. The van der Waals surface area contributed by atoms with Gasteiger partial charge in [-0.2, -0.15) is 0 Å². The minimum Gasteiger partial charge on any atom is -0.352 e. The van der Waals surface area contributed by atoms with Gasteiger partial charge in [0.15, 0.2) is 18.1 Å². The lowest BCUT2D eigenvalue weighted by molar-refractivity contribution is -0.119. The summed E-state index contributed by atoms with van der Waals surface area (Å²) >= 11 is 8.04. The Morgan fingerprint density at radius 1 is 1.48 bits per heavy atom. The molecule has 2 heterocycles. The van der Waals surface area contributed by atoms with Crippen molar-refractivity contribution in [3.8, 4) is 5.69 Å². The van der Waals surface area contributed by atoms with E-state index in [-0.39, 0.29) is 29.2 Å². The minimum absolute atomic E-state index is 0.0320. The number of thioether (sulfide) groups is 1. The highest BCUT2D eigenvalue weighted by atomic mass is 32.2. The molecule has 3 rings (SSSR count). The number of nitrogens with one attached hydrogen (secondary N) is 1. The summed E-state index contributed by atoms with van der Waals surface area (Å²) in [6.45, 7) is 1.99. The van der Waals surface area contributed by atoms with E-state index < -0.39 is 9.84 Å². The topological polar surface area (TPSA) is 81.1 Å². The van der Waals surface area contributed by atoms with Crippen molar-refractivity contribution < 1.29 is 13.2 Å². The van der Waals surface area contributed by atoms with E-state index >= 15 is 0 Å². The molecule has 1 fully saturated rings. The fourth-order valence-electron chi connectivity index (χ4n) is 2.58. The highest BCUT2D eigenvalue weighted by Gasteiger charge is 2.28. The Kier molecular flexibility index (Phi) is 5.62. The predicted octanol–water partition coefficient (Wildman–Crippen LogP) is 2.37. The second-order valence-corrected chi connectivity index (χ2v) is 10.9. The molecule has 0 spiro atoms. The SMILES string of the molecule is Cc1ccccc1-n1nc(SCC(=O)N[C@@H]2CCS(=O)(=O)C2)sc1=S. The third kappa shape index (κ3) is 4.69. The van der Waals surface area contributed by atoms with Crippen molar-refractivity contribution in [2.45, 2.75) is 23.7 Å². The number of aryl methyl sites for hydroxylation is 1. The second kappa shape index (κ2) is 7.56. The molecule has 1 aliphatic rings. The number of hydrogen-bond acceptors (Lipinski definition) is 7. The first kappa shape index (κ1) is 18.6. The van der Waals surface area contributed by atoms with Crippen molar-refractivity contribution in [1.29, 1.82) is 0 Å². The normalized spacial score (nSPS) is 19.0. The second-order valence-electron chi connectivity index (χ2n) is 5.79. The molecule has 1 amide bonds. The molecule has 1 aliphatic heterocycles. The van der Waals surface area contributed by atoms with Gasteiger partial charge in [-0.1, -0.05) is 41.3 Å². The number of carbonyl (C=O) groups excluding carboxylic acids is 1. The zero-order valence-corrected chi connectivity index (χ0v) is 16.7. The van der Waals surface area contributed by atoms with Gasteiger partial charge in [-0.05, 0) is 37.2 Å². The Balaban J connectivity index is 1.61. The minimum atomic E-state index is -2.99. The number of rotatable bonds is 5. The number of hydrogen-bond donors (Lipinski definition) is 1. The van der Waals surface area contributed by atoms with Crippen LogP contribution in [0.4, 0.5) is 0 Å². The first-order valence-corrected chi connectivity index (χ1v) is 11.7. The highest BCUT2D eigenvalue weighted by Crippen LogP contribution is 2.25. The molecular weight excluding hydrogens is 398 g/mol. The van der Waals surface area contributed by atoms with Crippen LogP contribution in [0.25, 0.3) is 5.69 Å². The van der Waals surface area contributed by atoms with Gasteiger partial charge >= 0.3 is 0 Å². The van der Waals surface area contributed by atoms with Crippen LogP contribution in [0.1, 0.15) is 12.0 Å². The van der Waals surface area contributed by atoms with E-state index in [0.29, 0.717) is 14.7 Å². The fourth-order valence-corrected chi connectivity index (χ4v) is 6.41. The summed E-state index contributed by atoms with van der Waals surface area (Å²) in [6, 6.07) is 7.55. The van der Waals surface area contributed by atoms with Gasteiger partial charge in [0.25, 0.3) is 0 Å². The van der Waals surface area contributed by atoms with Crippen molar-refractivity contribution >= 4 is 51.1 Å². The van der Waals surface area contributed by atoms with Gasteiger partial charge in [-0.3, -0.25) is 4.79 Å². The highest BCUT2D eigenvalue weighted by molar-refractivity contribution is 8.01. The summed E-state index contributed by atoms with van der Waals surface area (Å²) in [4.78, 5) is 12.0. The zero-order chi connectivity index (χ0) is 18.0. The maximum atomic E-state index is 12.0. The fraction of sp³-hybridized carbons (Fsp3) is 0.400. The Labute approximate surface area is 159 Å². The average molecular weight is 416 g/mol. The summed E-state index contributed by atoms with van der Waals surface area (Å²) in [6.07, 6.45) is 0.486. The molecule has 0 saturated carbocycles. The molecule has 10 heteroatoms. The van der Waals surface area contributed by atoms with Crippen LogP contribution in [0.3, 0.4) is 0 Å². The molecule has 25 heavy (non-hydrogen) atoms. The van der Waals surface area contributed by atoms with Crippen LogP contribution in [0.5, 0.6) is 0 Å². The van der Waals surface area contributed by atoms with Gasteiger partial charge < -0.3 is 5.32 Å². The Hall–Kier alpha value is -1.23. The number of nitrogens with zero attached hydrogens (tertiary/aromatic N) is 2. The molecule has 1 aromatic carbocycles. The van der Waals surface area contributed by atoms with Crippen LogP contribution in [-0.4, -0.2) is 47.4 Å². The van der Waals surface area contributed by atoms with Crippen LogP contribution >= 0.6 is 35.3 Å². The van der Waals surface area contributed by atoms with Crippen LogP contribution < -0.4 is 5.32 Å². The number of amides is 1. The molecule has 0 unspecified atom stereocenters. The van der Waals surface area contributed by atoms with Crippen molar-refractivity contribution in [1.82, 2.24) is 15.1 Å². The van der Waals surface area contributed by atoms with Crippen LogP contribution in [0.2, 0.25) is 0 Å². The largest absolute Gasteiger partial charge is 0.352 e. The molecule has 2 aromatic rings. The lowest BCUT2D eigenvalue weighted by Crippen LogP contribution is -2.36. The molecule has 0 bridgehead atoms. The maximum absolute atomic E-state index is 12.0. The summed E-state index contributed by atoms with van der Waals surface area (Å²) in [5, 5.41) is 7.26. The van der Waals surface area contributed by atoms with Gasteiger partial charge in [0.05, 0.1) is 22.9 Å². The Morgan fingerprint density at radius 3 is 2.92 bits per heavy atom. The third-order valence-electron chi connectivity index (χ3n) is 3.80. The number of para-hydroxylation sites is 1. The Bertz CT molecular complexity index is 949. The molecule has 1 saturated heterocycles. The van der Waals surface area contributed by atoms with E-state index in [2.05, 4.69) is 10.4 Å². The van der Waals surface area contributed by atoms with Crippen molar-refractivity contribution in [2.75, 3.05) is 17.3 Å². The monoisotopic (exact) mass is 415 g/mol. The predicted molar refractivity (Wildman–Crippen MR) is 103 cm³/mol. The van der Waals surface area contributed by atoms with E-state index in [9.17, 15) is 13.2 Å². The summed E-state index contributed by atoms with van der Waals surface area (Å²) in [5.41, 5.74) is 2.00. The van der Waals surface area contributed by atoms with Gasteiger partial charge in [-0.15, -0.1) is 5.10 Å². The van der Waals surface area contributed by atoms with Gasteiger partial charge in [0.2, 0.25) is 5.91 Å². The van der Waals surface area contributed by atoms with E-state index in [1.54, 1.807) is 4.68 Å². The van der Waals surface area contributed by atoms with Crippen molar-refractivity contribution in [3.63, 3.8) is 0 Å². The molecule has 1 N–H and O–H groups in total. The third-order valence-corrected chi connectivity index (χ3v) is 7.93. The average Bonchev–Trinajstić information content (AvgIpc) is 3.08. The van der Waals surface area contributed by atoms with E-state index in [1.807, 2.05) is 31.2 Å². The number of benzene rings is 1. The van der Waals surface area contributed by atoms with Crippen LogP contribution in [0.15, 0.2) is 28.6 Å². The molecule has 134 valence electrons. The van der Waals surface area contributed by atoms with E-state index in [0.717, 1.165) is 11.3 Å². The van der Waals surface area contributed by atoms with E-state index in [1.165, 1.54) is 23.1 Å². The number of sulfone groups is 1.